The Morgan fingerprint density at radius 2 is 1.25 bits per heavy atom. The van der Waals surface area contributed by atoms with Crippen LogP contribution in [0, 0.1) is 0 Å². The van der Waals surface area contributed by atoms with Gasteiger partial charge in [-0.3, -0.25) is 4.79 Å². The van der Waals surface area contributed by atoms with Gasteiger partial charge in [-0.05, 0) is 58.6 Å². The van der Waals surface area contributed by atoms with Gasteiger partial charge in [0.2, 0.25) is 0 Å². The third-order valence-corrected chi connectivity index (χ3v) is 11.7. The van der Waals surface area contributed by atoms with Crippen molar-refractivity contribution in [2.45, 2.75) is 64.6 Å². The molecule has 3 nitrogen and oxygen atoms in total. The van der Waals surface area contributed by atoms with E-state index in [0.717, 1.165) is 17.1 Å². The van der Waals surface area contributed by atoms with Crippen molar-refractivity contribution in [3.8, 4) is 11.5 Å². The predicted octanol–water partition coefficient (Wildman–Crippen LogP) is 6.67. The highest BCUT2D eigenvalue weighted by atomic mass is 28.4. The van der Waals surface area contributed by atoms with E-state index in [4.69, 9.17) is 9.16 Å². The molecule has 0 amide bonds. The number of Topliss-reactive ketones (excluding diaryl/α,β-unsaturated/α-hetero) is 1. The maximum absolute atomic E-state index is 12.6. The summed E-state index contributed by atoms with van der Waals surface area (Å²) in [5, 5.41) is 0. The molecule has 0 aliphatic carbocycles. The van der Waals surface area contributed by atoms with E-state index in [2.05, 4.69) is 41.5 Å². The molecule has 0 saturated carbocycles. The predicted molar refractivity (Wildman–Crippen MR) is 119 cm³/mol. The van der Waals surface area contributed by atoms with Gasteiger partial charge < -0.3 is 9.16 Å². The standard InChI is InChI=1S/C24H34O3Si/c1-17(2)28(18(3)4,19(5)6)27-23-14-10-21(11-15-23)24(25)16-20-8-12-22(26-7)13-9-20/h8-15,17-19H,16H2,1-7H3. The fourth-order valence-corrected chi connectivity index (χ4v) is 9.55. The summed E-state index contributed by atoms with van der Waals surface area (Å²) in [5.74, 6) is 1.78. The Kier molecular flexibility index (Phi) is 7.47. The van der Waals surface area contributed by atoms with Crippen molar-refractivity contribution >= 4 is 14.1 Å². The first-order valence-corrected chi connectivity index (χ1v) is 12.3. The SMILES string of the molecule is COc1ccc(CC(=O)c2ccc(O[Si](C(C)C)(C(C)C)C(C)C)cc2)cc1. The zero-order valence-corrected chi connectivity index (χ0v) is 19.3. The number of ether oxygens (including phenoxy) is 1. The van der Waals surface area contributed by atoms with Gasteiger partial charge in [-0.1, -0.05) is 53.7 Å². The van der Waals surface area contributed by atoms with Gasteiger partial charge in [-0.25, -0.2) is 0 Å². The number of hydrogen-bond acceptors (Lipinski definition) is 3. The molecule has 2 aromatic rings. The second-order valence-electron chi connectivity index (χ2n) is 8.39. The van der Waals surface area contributed by atoms with E-state index in [-0.39, 0.29) is 5.78 Å². The summed E-state index contributed by atoms with van der Waals surface area (Å²) in [5.41, 5.74) is 3.25. The molecule has 2 rings (SSSR count). The van der Waals surface area contributed by atoms with Gasteiger partial charge in [0, 0.05) is 12.0 Å². The molecular weight excluding hydrogens is 364 g/mol. The Morgan fingerprint density at radius 3 is 1.68 bits per heavy atom. The Labute approximate surface area is 171 Å². The maximum atomic E-state index is 12.6. The van der Waals surface area contributed by atoms with Crippen LogP contribution in [0.3, 0.4) is 0 Å². The maximum Gasteiger partial charge on any atom is 0.258 e. The number of benzene rings is 2. The number of methoxy groups -OCH3 is 1. The molecule has 0 aliphatic rings. The smallest absolute Gasteiger partial charge is 0.258 e. The van der Waals surface area contributed by atoms with Gasteiger partial charge in [0.1, 0.15) is 11.5 Å². The molecule has 0 radical (unpaired) electrons. The van der Waals surface area contributed by atoms with E-state index in [1.807, 2.05) is 48.5 Å². The molecule has 0 aromatic heterocycles. The van der Waals surface area contributed by atoms with E-state index >= 15 is 0 Å². The first-order valence-electron chi connectivity index (χ1n) is 10.2. The lowest BCUT2D eigenvalue weighted by molar-refractivity contribution is 0.0993. The summed E-state index contributed by atoms with van der Waals surface area (Å²) in [6, 6.07) is 15.3. The summed E-state index contributed by atoms with van der Waals surface area (Å²) in [6.45, 7) is 13.7. The number of carbonyl (C=O) groups is 1. The summed E-state index contributed by atoms with van der Waals surface area (Å²) in [6.07, 6.45) is 0.382. The van der Waals surface area contributed by atoms with Crippen molar-refractivity contribution in [2.75, 3.05) is 7.11 Å². The molecule has 4 heteroatoms. The minimum Gasteiger partial charge on any atom is -0.543 e. The fraction of sp³-hybridized carbons (Fsp3) is 0.458. The third-order valence-electron chi connectivity index (χ3n) is 5.70. The molecule has 0 spiro atoms. The van der Waals surface area contributed by atoms with E-state index in [1.54, 1.807) is 7.11 Å². The lowest BCUT2D eigenvalue weighted by Crippen LogP contribution is -2.50. The highest BCUT2D eigenvalue weighted by molar-refractivity contribution is 6.78. The van der Waals surface area contributed by atoms with Gasteiger partial charge >= 0.3 is 0 Å². The average molecular weight is 399 g/mol. The van der Waals surface area contributed by atoms with Crippen molar-refractivity contribution in [3.63, 3.8) is 0 Å². The van der Waals surface area contributed by atoms with Crippen LogP contribution >= 0.6 is 0 Å². The van der Waals surface area contributed by atoms with Crippen LogP contribution < -0.4 is 9.16 Å². The van der Waals surface area contributed by atoms with E-state index in [0.29, 0.717) is 28.6 Å². The van der Waals surface area contributed by atoms with Crippen LogP contribution in [-0.4, -0.2) is 21.2 Å². The minimum atomic E-state index is -1.98. The Balaban J connectivity index is 2.14. The highest BCUT2D eigenvalue weighted by Crippen LogP contribution is 2.42. The first kappa shape index (κ1) is 22.2. The van der Waals surface area contributed by atoms with Crippen LogP contribution in [0.5, 0.6) is 11.5 Å². The van der Waals surface area contributed by atoms with Crippen molar-refractivity contribution in [2.24, 2.45) is 0 Å². The molecule has 152 valence electrons. The topological polar surface area (TPSA) is 35.5 Å². The van der Waals surface area contributed by atoms with Crippen LogP contribution in [0.25, 0.3) is 0 Å². The van der Waals surface area contributed by atoms with Crippen molar-refractivity contribution in [1.29, 1.82) is 0 Å². The molecule has 0 unspecified atom stereocenters. The Morgan fingerprint density at radius 1 is 0.786 bits per heavy atom. The molecule has 0 bridgehead atoms. The highest BCUT2D eigenvalue weighted by Gasteiger charge is 2.46. The fourth-order valence-electron chi connectivity index (χ4n) is 4.30. The van der Waals surface area contributed by atoms with Crippen molar-refractivity contribution < 1.29 is 14.0 Å². The number of rotatable bonds is 9. The first-order chi connectivity index (χ1) is 13.2. The van der Waals surface area contributed by atoms with Crippen LogP contribution in [0.4, 0.5) is 0 Å². The normalized spacial score (nSPS) is 11.9. The van der Waals surface area contributed by atoms with Gasteiger partial charge in [-0.2, -0.15) is 0 Å². The molecule has 0 fully saturated rings. The second-order valence-corrected chi connectivity index (χ2v) is 13.8. The Hall–Kier alpha value is -2.07. The molecular formula is C24H34O3Si. The number of carbonyl (C=O) groups excluding carboxylic acids is 1. The van der Waals surface area contributed by atoms with Gasteiger partial charge in [0.05, 0.1) is 7.11 Å². The van der Waals surface area contributed by atoms with Gasteiger partial charge in [0.15, 0.2) is 5.78 Å². The second kappa shape index (κ2) is 9.42. The lowest BCUT2D eigenvalue weighted by atomic mass is 10.0. The van der Waals surface area contributed by atoms with Crippen LogP contribution in [0.2, 0.25) is 16.6 Å². The van der Waals surface area contributed by atoms with Crippen LogP contribution in [-0.2, 0) is 6.42 Å². The van der Waals surface area contributed by atoms with Crippen molar-refractivity contribution in [3.05, 3.63) is 59.7 Å². The average Bonchev–Trinajstić information content (AvgIpc) is 2.66. The monoisotopic (exact) mass is 398 g/mol. The summed E-state index contributed by atoms with van der Waals surface area (Å²) < 4.78 is 11.8. The molecule has 28 heavy (non-hydrogen) atoms. The molecule has 0 aliphatic heterocycles. The number of ketones is 1. The molecule has 0 heterocycles. The van der Waals surface area contributed by atoms with Crippen molar-refractivity contribution in [1.82, 2.24) is 0 Å². The van der Waals surface area contributed by atoms with Gasteiger partial charge in [0.25, 0.3) is 8.32 Å². The molecule has 0 atom stereocenters. The van der Waals surface area contributed by atoms with E-state index in [9.17, 15) is 4.79 Å². The zero-order chi connectivity index (χ0) is 20.9. The third kappa shape index (κ3) is 4.85. The lowest BCUT2D eigenvalue weighted by Gasteiger charge is -2.42. The van der Waals surface area contributed by atoms with E-state index in [1.165, 1.54) is 0 Å². The molecule has 0 saturated heterocycles. The van der Waals surface area contributed by atoms with Crippen LogP contribution in [0.15, 0.2) is 48.5 Å². The Bertz CT molecular complexity index is 740. The largest absolute Gasteiger partial charge is 0.543 e. The minimum absolute atomic E-state index is 0.108. The summed E-state index contributed by atoms with van der Waals surface area (Å²) in [4.78, 5) is 12.6. The molecule has 0 N–H and O–H groups in total. The van der Waals surface area contributed by atoms with Crippen LogP contribution in [0.1, 0.15) is 57.5 Å². The number of hydrogen-bond donors (Lipinski definition) is 0. The molecule has 2 aromatic carbocycles. The zero-order valence-electron chi connectivity index (χ0n) is 18.3. The van der Waals surface area contributed by atoms with Gasteiger partial charge in [-0.15, -0.1) is 0 Å². The van der Waals surface area contributed by atoms with E-state index < -0.39 is 8.32 Å². The summed E-state index contributed by atoms with van der Waals surface area (Å²) >= 11 is 0. The quantitative estimate of drug-likeness (QED) is 0.349. The summed E-state index contributed by atoms with van der Waals surface area (Å²) in [7, 11) is -0.342.